The topological polar surface area (TPSA) is 156 Å². The number of carbonyl (C=O) groups is 2. The molecule has 4 aromatic rings. The predicted molar refractivity (Wildman–Crippen MR) is 192 cm³/mol. The molecule has 4 N–H and O–H groups in total. The van der Waals surface area contributed by atoms with Crippen molar-refractivity contribution in [3.63, 3.8) is 0 Å². The maximum atomic E-state index is 13.9. The zero-order valence-corrected chi connectivity index (χ0v) is 29.6. The molecule has 2 amide bonds. The van der Waals surface area contributed by atoms with Crippen LogP contribution >= 0.6 is 0 Å². The third-order valence-corrected chi connectivity index (χ3v) is 9.29. The minimum Gasteiger partial charge on any atom is -0.497 e. The van der Waals surface area contributed by atoms with Crippen LogP contribution in [0.5, 0.6) is 11.5 Å². The summed E-state index contributed by atoms with van der Waals surface area (Å²) in [5.41, 5.74) is 2.81. The molecule has 0 fully saturated rings. The molecule has 0 aliphatic carbocycles. The van der Waals surface area contributed by atoms with Gasteiger partial charge >= 0.3 is 0 Å². The van der Waals surface area contributed by atoms with Gasteiger partial charge in [0.15, 0.2) is 5.75 Å². The molecule has 4 aromatic carbocycles. The Morgan fingerprint density at radius 3 is 2.12 bits per heavy atom. The molecule has 0 aromatic heterocycles. The van der Waals surface area contributed by atoms with Gasteiger partial charge in [-0.1, -0.05) is 54.6 Å². The first-order chi connectivity index (χ1) is 23.9. The molecule has 0 heterocycles. The average molecular weight is 705 g/mol. The summed E-state index contributed by atoms with van der Waals surface area (Å²) in [4.78, 5) is 37.3. The zero-order valence-electron chi connectivity index (χ0n) is 28.8. The summed E-state index contributed by atoms with van der Waals surface area (Å²) < 4.78 is 31.3. The molecular formula is C37H44N4O8S. The van der Waals surface area contributed by atoms with Crippen molar-refractivity contribution in [2.45, 2.75) is 38.1 Å². The van der Waals surface area contributed by atoms with Crippen molar-refractivity contribution in [2.24, 2.45) is 0 Å². The fraction of sp³-hybridized carbons (Fsp3) is 0.297. The van der Waals surface area contributed by atoms with Crippen molar-refractivity contribution in [3.8, 4) is 11.5 Å². The fourth-order valence-electron chi connectivity index (χ4n) is 5.23. The van der Waals surface area contributed by atoms with Gasteiger partial charge in [-0.2, -0.15) is 4.89 Å². The first-order valence-electron chi connectivity index (χ1n) is 15.9. The lowest BCUT2D eigenvalue weighted by molar-refractivity contribution is -0.178. The molecule has 0 bridgehead atoms. The molecule has 12 nitrogen and oxygen atoms in total. The molecular weight excluding hydrogens is 660 g/mol. The molecule has 0 saturated carbocycles. The van der Waals surface area contributed by atoms with E-state index < -0.39 is 40.0 Å². The summed E-state index contributed by atoms with van der Waals surface area (Å²) >= 11 is 0. The molecule has 266 valence electrons. The second-order valence-corrected chi connectivity index (χ2v) is 13.8. The number of anilines is 1. The Morgan fingerprint density at radius 2 is 1.46 bits per heavy atom. The van der Waals surface area contributed by atoms with E-state index in [1.54, 1.807) is 32.2 Å². The number of benzene rings is 4. The normalized spacial score (nSPS) is 13.1. The van der Waals surface area contributed by atoms with Gasteiger partial charge in [0.25, 0.3) is 11.8 Å². The first kappa shape index (κ1) is 37.9. The molecule has 0 saturated heterocycles. The van der Waals surface area contributed by atoms with Gasteiger partial charge in [-0.15, -0.1) is 0 Å². The van der Waals surface area contributed by atoms with Crippen molar-refractivity contribution < 1.29 is 37.6 Å². The molecule has 0 radical (unpaired) electrons. The Labute approximate surface area is 293 Å². The highest BCUT2D eigenvalue weighted by Crippen LogP contribution is 2.24. The molecule has 0 aliphatic rings. The van der Waals surface area contributed by atoms with E-state index >= 15 is 0 Å². The van der Waals surface area contributed by atoms with Crippen molar-refractivity contribution in [3.05, 3.63) is 125 Å². The van der Waals surface area contributed by atoms with E-state index in [1.807, 2.05) is 60.7 Å². The van der Waals surface area contributed by atoms with E-state index in [9.17, 15) is 23.1 Å². The number of ether oxygens (including phenoxy) is 1. The van der Waals surface area contributed by atoms with Crippen molar-refractivity contribution in [1.82, 2.24) is 16.0 Å². The largest absolute Gasteiger partial charge is 0.497 e. The number of hydrogen-bond acceptors (Lipinski definition) is 9. The van der Waals surface area contributed by atoms with E-state index in [-0.39, 0.29) is 23.4 Å². The monoisotopic (exact) mass is 704 g/mol. The lowest BCUT2D eigenvalue weighted by atomic mass is 10.00. The smallest absolute Gasteiger partial charge is 0.251 e. The van der Waals surface area contributed by atoms with Crippen LogP contribution in [0, 0.1) is 0 Å². The molecule has 3 atom stereocenters. The van der Waals surface area contributed by atoms with Gasteiger partial charge in [0.05, 0.1) is 44.4 Å². The van der Waals surface area contributed by atoms with Crippen LogP contribution in [-0.2, 0) is 27.9 Å². The Bertz CT molecular complexity index is 1860. The Balaban J connectivity index is 1.58. The quantitative estimate of drug-likeness (QED) is 0.0943. The van der Waals surface area contributed by atoms with Crippen LogP contribution in [0.1, 0.15) is 50.4 Å². The predicted octanol–water partition coefficient (Wildman–Crippen LogP) is 4.01. The van der Waals surface area contributed by atoms with Gasteiger partial charge in [-0.3, -0.25) is 13.9 Å². The number of aliphatic hydroxyl groups is 1. The molecule has 13 heteroatoms. The van der Waals surface area contributed by atoms with E-state index in [2.05, 4.69) is 16.0 Å². The van der Waals surface area contributed by atoms with Crippen LogP contribution < -0.4 is 29.9 Å². The second kappa shape index (κ2) is 17.6. The van der Waals surface area contributed by atoms with Gasteiger partial charge in [0, 0.05) is 31.3 Å². The van der Waals surface area contributed by atoms with Gasteiger partial charge in [0.2, 0.25) is 10.0 Å². The van der Waals surface area contributed by atoms with Crippen LogP contribution in [-0.4, -0.2) is 71.6 Å². The molecule has 50 heavy (non-hydrogen) atoms. The summed E-state index contributed by atoms with van der Waals surface area (Å²) in [6.45, 7) is 2.40. The summed E-state index contributed by atoms with van der Waals surface area (Å²) in [5.74, 6) is 0.0461. The highest BCUT2D eigenvalue weighted by Gasteiger charge is 2.25. The van der Waals surface area contributed by atoms with Crippen LogP contribution in [0.15, 0.2) is 97.1 Å². The van der Waals surface area contributed by atoms with Crippen molar-refractivity contribution >= 4 is 27.5 Å². The molecule has 4 rings (SSSR count). The lowest BCUT2D eigenvalue weighted by Gasteiger charge is -2.26. The van der Waals surface area contributed by atoms with Gasteiger partial charge in [-0.25, -0.2) is 8.42 Å². The minimum atomic E-state index is -3.74. The van der Waals surface area contributed by atoms with Gasteiger partial charge < -0.3 is 30.7 Å². The number of sulfonamides is 1. The van der Waals surface area contributed by atoms with Crippen LogP contribution in [0.2, 0.25) is 0 Å². The van der Waals surface area contributed by atoms with Gasteiger partial charge in [-0.05, 0) is 72.5 Å². The van der Waals surface area contributed by atoms with E-state index in [4.69, 9.17) is 14.5 Å². The molecule has 0 unspecified atom stereocenters. The number of hydrogen-bond donors (Lipinski definition) is 4. The van der Waals surface area contributed by atoms with Gasteiger partial charge in [0.1, 0.15) is 5.75 Å². The number of nitrogens with one attached hydrogen (secondary N) is 3. The number of methoxy groups -OCH3 is 1. The summed E-state index contributed by atoms with van der Waals surface area (Å²) in [7, 11) is 0.578. The van der Waals surface area contributed by atoms with E-state index in [1.165, 1.54) is 32.4 Å². The lowest BCUT2D eigenvalue weighted by Crippen LogP contribution is -2.48. The van der Waals surface area contributed by atoms with Crippen LogP contribution in [0.4, 0.5) is 5.69 Å². The highest BCUT2D eigenvalue weighted by molar-refractivity contribution is 7.92. The Hall–Kier alpha value is -4.95. The minimum absolute atomic E-state index is 0.0425. The maximum absolute atomic E-state index is 13.9. The van der Waals surface area contributed by atoms with E-state index in [0.29, 0.717) is 18.7 Å². The van der Waals surface area contributed by atoms with E-state index in [0.717, 1.165) is 33.0 Å². The summed E-state index contributed by atoms with van der Waals surface area (Å²) in [6.07, 6.45) is 0.337. The summed E-state index contributed by atoms with van der Waals surface area (Å²) in [5, 5.41) is 20.4. The third kappa shape index (κ3) is 10.8. The Kier molecular flexibility index (Phi) is 13.3. The highest BCUT2D eigenvalue weighted by atomic mass is 32.2. The number of aliphatic hydroxyl groups excluding tert-OH is 1. The number of rotatable bonds is 17. The number of amides is 2. The average Bonchev–Trinajstić information content (AvgIpc) is 3.11. The maximum Gasteiger partial charge on any atom is 0.251 e. The number of carbonyl (C=O) groups excluding carboxylic acids is 2. The molecule has 0 spiro atoms. The summed E-state index contributed by atoms with van der Waals surface area (Å²) in [6, 6.07) is 27.0. The standard InChI is InChI=1S/C37H44N4O8S/c1-25(28-14-10-16-33(22-28)49-48-4)39-36(43)29-19-30(21-31(20-29)41(2)50(5,45)46)37(44)40-34(18-26-11-7-6-8-12-26)35(42)24-38-23-27-13-9-15-32(17-27)47-3/h6-17,19-22,25,34-35,38,42H,18,23-24H2,1-5H3,(H,39,43)(H,40,44)/t25-,34+,35-/m1/s1. The first-order valence-corrected chi connectivity index (χ1v) is 17.8. The van der Waals surface area contributed by atoms with Crippen molar-refractivity contribution in [1.29, 1.82) is 0 Å². The van der Waals surface area contributed by atoms with Crippen LogP contribution in [0.3, 0.4) is 0 Å². The van der Waals surface area contributed by atoms with Crippen LogP contribution in [0.25, 0.3) is 0 Å². The second-order valence-electron chi connectivity index (χ2n) is 11.8. The third-order valence-electron chi connectivity index (χ3n) is 8.08. The van der Waals surface area contributed by atoms with Crippen molar-refractivity contribution in [2.75, 3.05) is 38.4 Å². The molecule has 0 aliphatic heterocycles. The Morgan fingerprint density at radius 1 is 0.820 bits per heavy atom. The zero-order chi connectivity index (χ0) is 36.3. The fourth-order valence-corrected chi connectivity index (χ4v) is 5.72. The SMILES string of the molecule is COOc1cccc([C@@H](C)NC(=O)c2cc(C(=O)N[C@@H](Cc3ccccc3)[C@H](O)CNCc3cccc(OC)c3)cc(N(C)S(C)(=O)=O)c2)c1. The number of nitrogens with zero attached hydrogens (tertiary/aromatic N) is 1.